The summed E-state index contributed by atoms with van der Waals surface area (Å²) in [6.45, 7) is 4.67. The molecule has 2 heterocycles. The van der Waals surface area contributed by atoms with E-state index in [2.05, 4.69) is 15.3 Å². The van der Waals surface area contributed by atoms with Crippen LogP contribution in [0.4, 0.5) is 0 Å². The van der Waals surface area contributed by atoms with E-state index in [1.165, 1.54) is 0 Å². The maximum atomic E-state index is 5.67. The van der Waals surface area contributed by atoms with Gasteiger partial charge < -0.3 is 9.72 Å². The van der Waals surface area contributed by atoms with Crippen LogP contribution >= 0.6 is 11.3 Å². The van der Waals surface area contributed by atoms with Gasteiger partial charge in [-0.3, -0.25) is 0 Å². The van der Waals surface area contributed by atoms with Gasteiger partial charge in [0.2, 0.25) is 0 Å². The summed E-state index contributed by atoms with van der Waals surface area (Å²) in [7, 11) is 0. The Morgan fingerprint density at radius 2 is 2.14 bits per heavy atom. The van der Waals surface area contributed by atoms with E-state index in [0.717, 1.165) is 39.8 Å². The molecule has 21 heavy (non-hydrogen) atoms. The molecular formula is C16H17N3OS. The fourth-order valence-electron chi connectivity index (χ4n) is 2.18. The smallest absolute Gasteiger partial charge is 0.128 e. The molecule has 0 aliphatic carbocycles. The van der Waals surface area contributed by atoms with E-state index in [1.54, 1.807) is 17.7 Å². The van der Waals surface area contributed by atoms with Crippen LogP contribution in [0.3, 0.4) is 0 Å². The standard InChI is InChI=1S/C16H17N3OS/c1-3-20-15-7-5-4-6-12(15)14-9-21-16(19-14)8-13-11(2)17-10-18-13/h4-7,9-10H,3,8H2,1-2H3,(H,17,18). The van der Waals surface area contributed by atoms with Crippen LogP contribution in [0.5, 0.6) is 5.75 Å². The quantitative estimate of drug-likeness (QED) is 0.779. The highest BCUT2D eigenvalue weighted by Crippen LogP contribution is 2.31. The van der Waals surface area contributed by atoms with Crippen LogP contribution in [-0.4, -0.2) is 21.6 Å². The lowest BCUT2D eigenvalue weighted by atomic mass is 10.1. The number of hydrogen-bond acceptors (Lipinski definition) is 4. The van der Waals surface area contributed by atoms with E-state index in [4.69, 9.17) is 9.72 Å². The van der Waals surface area contributed by atoms with Crippen molar-refractivity contribution in [2.75, 3.05) is 6.61 Å². The number of thiazole rings is 1. The molecule has 0 fully saturated rings. The van der Waals surface area contributed by atoms with E-state index in [9.17, 15) is 0 Å². The Hall–Kier alpha value is -2.14. The van der Waals surface area contributed by atoms with Crippen molar-refractivity contribution < 1.29 is 4.74 Å². The predicted molar refractivity (Wildman–Crippen MR) is 84.8 cm³/mol. The van der Waals surface area contributed by atoms with Crippen molar-refractivity contribution in [1.82, 2.24) is 15.0 Å². The lowest BCUT2D eigenvalue weighted by molar-refractivity contribution is 0.341. The molecule has 0 aliphatic rings. The third kappa shape index (κ3) is 2.97. The zero-order chi connectivity index (χ0) is 14.7. The first-order valence-electron chi connectivity index (χ1n) is 6.93. The second kappa shape index (κ2) is 6.10. The lowest BCUT2D eigenvalue weighted by Crippen LogP contribution is -1.94. The molecule has 5 heteroatoms. The van der Waals surface area contributed by atoms with E-state index < -0.39 is 0 Å². The molecule has 108 valence electrons. The molecule has 0 saturated heterocycles. The monoisotopic (exact) mass is 299 g/mol. The SMILES string of the molecule is CCOc1ccccc1-c1csc(Cc2nc[nH]c2C)n1. The van der Waals surface area contributed by atoms with Crippen LogP contribution < -0.4 is 4.74 Å². The third-order valence-electron chi connectivity index (χ3n) is 3.27. The van der Waals surface area contributed by atoms with E-state index in [-0.39, 0.29) is 0 Å². The van der Waals surface area contributed by atoms with Gasteiger partial charge in [0.05, 0.1) is 29.3 Å². The van der Waals surface area contributed by atoms with Crippen molar-refractivity contribution in [1.29, 1.82) is 0 Å². The summed E-state index contributed by atoms with van der Waals surface area (Å²) < 4.78 is 5.67. The van der Waals surface area contributed by atoms with Gasteiger partial charge in [-0.2, -0.15) is 0 Å². The minimum Gasteiger partial charge on any atom is -0.493 e. The van der Waals surface area contributed by atoms with Gasteiger partial charge in [0.25, 0.3) is 0 Å². The molecule has 0 spiro atoms. The van der Waals surface area contributed by atoms with Gasteiger partial charge in [-0.25, -0.2) is 9.97 Å². The summed E-state index contributed by atoms with van der Waals surface area (Å²) in [5, 5.41) is 3.14. The molecule has 0 saturated carbocycles. The first-order chi connectivity index (χ1) is 10.3. The molecule has 0 bridgehead atoms. The Morgan fingerprint density at radius 3 is 2.90 bits per heavy atom. The van der Waals surface area contributed by atoms with Crippen LogP contribution in [0.1, 0.15) is 23.3 Å². The van der Waals surface area contributed by atoms with E-state index in [1.807, 2.05) is 38.1 Å². The molecule has 0 amide bonds. The Bertz CT molecular complexity index is 732. The van der Waals surface area contributed by atoms with Crippen LogP contribution in [0.2, 0.25) is 0 Å². The fraction of sp³-hybridized carbons (Fsp3) is 0.250. The number of nitrogens with one attached hydrogen (secondary N) is 1. The van der Waals surface area contributed by atoms with Gasteiger partial charge in [0.1, 0.15) is 5.75 Å². The predicted octanol–water partition coefficient (Wildman–Crippen LogP) is 3.83. The van der Waals surface area contributed by atoms with Crippen LogP contribution in [0, 0.1) is 6.92 Å². The number of ether oxygens (including phenoxy) is 1. The van der Waals surface area contributed by atoms with Crippen molar-refractivity contribution in [3.8, 4) is 17.0 Å². The molecule has 2 aromatic heterocycles. The van der Waals surface area contributed by atoms with Crippen LogP contribution in [-0.2, 0) is 6.42 Å². The van der Waals surface area contributed by atoms with Crippen molar-refractivity contribution in [3.63, 3.8) is 0 Å². The average molecular weight is 299 g/mol. The largest absolute Gasteiger partial charge is 0.493 e. The number of hydrogen-bond donors (Lipinski definition) is 1. The first-order valence-corrected chi connectivity index (χ1v) is 7.81. The number of rotatable bonds is 5. The molecule has 4 nitrogen and oxygen atoms in total. The maximum Gasteiger partial charge on any atom is 0.128 e. The number of imidazole rings is 1. The summed E-state index contributed by atoms with van der Waals surface area (Å²) in [6, 6.07) is 8.02. The Balaban J connectivity index is 1.87. The number of benzene rings is 1. The molecule has 1 N–H and O–H groups in total. The Labute approximate surface area is 127 Å². The summed E-state index contributed by atoms with van der Waals surface area (Å²) in [5.41, 5.74) is 4.16. The molecule has 3 rings (SSSR count). The molecule has 1 aromatic carbocycles. The number of aromatic amines is 1. The summed E-state index contributed by atoms with van der Waals surface area (Å²) in [6.07, 6.45) is 2.49. The zero-order valence-electron chi connectivity index (χ0n) is 12.1. The van der Waals surface area contributed by atoms with Gasteiger partial charge >= 0.3 is 0 Å². The van der Waals surface area contributed by atoms with Crippen LogP contribution in [0.25, 0.3) is 11.3 Å². The third-order valence-corrected chi connectivity index (χ3v) is 4.12. The summed E-state index contributed by atoms with van der Waals surface area (Å²) >= 11 is 1.66. The van der Waals surface area contributed by atoms with Gasteiger partial charge in [-0.1, -0.05) is 12.1 Å². The van der Waals surface area contributed by atoms with E-state index >= 15 is 0 Å². The maximum absolute atomic E-state index is 5.67. The second-order valence-electron chi connectivity index (χ2n) is 4.71. The minimum atomic E-state index is 0.653. The molecule has 0 aliphatic heterocycles. The van der Waals surface area contributed by atoms with Gasteiger partial charge in [-0.15, -0.1) is 11.3 Å². The van der Waals surface area contributed by atoms with Gasteiger partial charge in [0, 0.05) is 23.1 Å². The normalized spacial score (nSPS) is 10.8. The number of aryl methyl sites for hydroxylation is 1. The summed E-state index contributed by atoms with van der Waals surface area (Å²) in [5.74, 6) is 0.882. The Kier molecular flexibility index (Phi) is 4.01. The van der Waals surface area contributed by atoms with Crippen molar-refractivity contribution in [3.05, 3.63) is 52.4 Å². The van der Waals surface area contributed by atoms with E-state index in [0.29, 0.717) is 6.61 Å². The lowest BCUT2D eigenvalue weighted by Gasteiger charge is -2.07. The minimum absolute atomic E-state index is 0.653. The highest BCUT2D eigenvalue weighted by Gasteiger charge is 2.11. The molecule has 0 radical (unpaired) electrons. The summed E-state index contributed by atoms with van der Waals surface area (Å²) in [4.78, 5) is 12.1. The Morgan fingerprint density at radius 1 is 1.29 bits per heavy atom. The number of aromatic nitrogens is 3. The van der Waals surface area contributed by atoms with Crippen molar-refractivity contribution in [2.45, 2.75) is 20.3 Å². The topological polar surface area (TPSA) is 50.8 Å². The fourth-order valence-corrected chi connectivity index (χ4v) is 2.98. The molecule has 3 aromatic rings. The molecule has 0 unspecified atom stereocenters. The first kappa shape index (κ1) is 13.8. The number of para-hydroxylation sites is 1. The number of nitrogens with zero attached hydrogens (tertiary/aromatic N) is 2. The second-order valence-corrected chi connectivity index (χ2v) is 5.65. The van der Waals surface area contributed by atoms with Crippen LogP contribution in [0.15, 0.2) is 36.0 Å². The molecular weight excluding hydrogens is 282 g/mol. The number of H-pyrrole nitrogens is 1. The highest BCUT2D eigenvalue weighted by atomic mass is 32.1. The van der Waals surface area contributed by atoms with Gasteiger partial charge in [0.15, 0.2) is 0 Å². The zero-order valence-corrected chi connectivity index (χ0v) is 12.9. The van der Waals surface area contributed by atoms with Crippen molar-refractivity contribution >= 4 is 11.3 Å². The molecule has 0 atom stereocenters. The van der Waals surface area contributed by atoms with Gasteiger partial charge in [-0.05, 0) is 26.0 Å². The highest BCUT2D eigenvalue weighted by molar-refractivity contribution is 7.10. The average Bonchev–Trinajstić information content (AvgIpc) is 3.11. The van der Waals surface area contributed by atoms with Crippen molar-refractivity contribution in [2.24, 2.45) is 0 Å².